The third-order valence-corrected chi connectivity index (χ3v) is 1.22. The van der Waals surface area contributed by atoms with Gasteiger partial charge in [-0.3, -0.25) is 0 Å². The van der Waals surface area contributed by atoms with E-state index in [2.05, 4.69) is 11.8 Å². The number of rotatable bonds is 0. The molecule has 0 aromatic carbocycles. The second-order valence-electron chi connectivity index (χ2n) is 2.16. The molecule has 0 unspecified atom stereocenters. The summed E-state index contributed by atoms with van der Waals surface area (Å²) in [6, 6.07) is 0. The van der Waals surface area contributed by atoms with Crippen molar-refractivity contribution in [3.63, 3.8) is 0 Å². The van der Waals surface area contributed by atoms with Crippen molar-refractivity contribution in [2.24, 2.45) is 0 Å². The lowest BCUT2D eigenvalue weighted by Gasteiger charge is -1.74. The predicted octanol–water partition coefficient (Wildman–Crippen LogP) is 2.78. The summed E-state index contributed by atoms with van der Waals surface area (Å²) >= 11 is 0. The van der Waals surface area contributed by atoms with Crippen LogP contribution in [0, 0.1) is 11.8 Å². The summed E-state index contributed by atoms with van der Waals surface area (Å²) in [5.41, 5.74) is 0. The molecule has 1 rings (SSSR count). The van der Waals surface area contributed by atoms with Gasteiger partial charge in [-0.15, -0.1) is 0 Å². The number of hydrogen-bond acceptors (Lipinski definition) is 0. The zero-order valence-electron chi connectivity index (χ0n) is 6.77. The molecule has 58 valence electrons. The summed E-state index contributed by atoms with van der Waals surface area (Å²) in [5, 5.41) is 0. The smallest absolute Gasteiger partial charge is 0.0115 e. The zero-order chi connectivity index (χ0) is 8.49. The van der Waals surface area contributed by atoms with Gasteiger partial charge in [0.05, 0.1) is 0 Å². The Balaban J connectivity index is 2.73. The highest BCUT2D eigenvalue weighted by Gasteiger charge is 1.64. The monoisotopic (exact) mass is 154 g/mol. The predicted molar refractivity (Wildman–Crippen MR) is 53.5 cm³/mol. The van der Waals surface area contributed by atoms with Crippen molar-refractivity contribution < 1.29 is 0 Å². The van der Waals surface area contributed by atoms with Crippen molar-refractivity contribution in [1.29, 1.82) is 0 Å². The first-order valence-corrected chi connectivity index (χ1v) is 3.83. The SMILES string of the molecule is C1#C/C=C/C=C\C=C/C=C\C=C/1. The van der Waals surface area contributed by atoms with Crippen LogP contribution in [0.5, 0.6) is 0 Å². The molecule has 0 saturated heterocycles. The van der Waals surface area contributed by atoms with Crippen molar-refractivity contribution in [3.8, 4) is 11.8 Å². The molecule has 0 saturated carbocycles. The van der Waals surface area contributed by atoms with E-state index in [0.717, 1.165) is 0 Å². The van der Waals surface area contributed by atoms with Crippen LogP contribution in [0.25, 0.3) is 0 Å². The van der Waals surface area contributed by atoms with Gasteiger partial charge >= 0.3 is 0 Å². The van der Waals surface area contributed by atoms with Crippen LogP contribution >= 0.6 is 0 Å². The van der Waals surface area contributed by atoms with E-state index in [1.807, 2.05) is 60.8 Å². The molecule has 0 bridgehead atoms. The second kappa shape index (κ2) is 6.00. The van der Waals surface area contributed by atoms with E-state index in [0.29, 0.717) is 0 Å². The molecular weight excluding hydrogens is 144 g/mol. The maximum absolute atomic E-state index is 2.88. The summed E-state index contributed by atoms with van der Waals surface area (Å²) in [5.74, 6) is 5.75. The third-order valence-electron chi connectivity index (χ3n) is 1.22. The molecule has 0 heterocycles. The highest BCUT2D eigenvalue weighted by Crippen LogP contribution is 1.84. The lowest BCUT2D eigenvalue weighted by molar-refractivity contribution is 1.85. The molecule has 0 nitrogen and oxygen atoms in total. The molecule has 1 aliphatic carbocycles. The first-order chi connectivity index (χ1) is 6.00. The van der Waals surface area contributed by atoms with E-state index in [1.165, 1.54) is 0 Å². The summed E-state index contributed by atoms with van der Waals surface area (Å²) < 4.78 is 0. The largest absolute Gasteiger partial charge is 0.0702 e. The summed E-state index contributed by atoms with van der Waals surface area (Å²) in [6.07, 6.45) is 19.2. The summed E-state index contributed by atoms with van der Waals surface area (Å²) in [6.45, 7) is 0. The molecule has 0 N–H and O–H groups in total. The van der Waals surface area contributed by atoms with Crippen LogP contribution in [0.2, 0.25) is 0 Å². The van der Waals surface area contributed by atoms with Gasteiger partial charge in [0.1, 0.15) is 0 Å². The van der Waals surface area contributed by atoms with Crippen molar-refractivity contribution in [1.82, 2.24) is 0 Å². The first kappa shape index (κ1) is 8.36. The lowest BCUT2D eigenvalue weighted by atomic mass is 10.3. The molecule has 0 atom stereocenters. The Morgan fingerprint density at radius 3 is 1.17 bits per heavy atom. The van der Waals surface area contributed by atoms with Gasteiger partial charge in [-0.2, -0.15) is 0 Å². The quantitative estimate of drug-likeness (QED) is 0.471. The van der Waals surface area contributed by atoms with Gasteiger partial charge < -0.3 is 0 Å². The Labute approximate surface area is 73.3 Å². The van der Waals surface area contributed by atoms with Crippen LogP contribution in [-0.4, -0.2) is 0 Å². The van der Waals surface area contributed by atoms with Gasteiger partial charge in [0.2, 0.25) is 0 Å². The van der Waals surface area contributed by atoms with Gasteiger partial charge in [0.15, 0.2) is 0 Å². The second-order valence-corrected chi connectivity index (χ2v) is 2.16. The van der Waals surface area contributed by atoms with E-state index in [4.69, 9.17) is 0 Å². The first-order valence-electron chi connectivity index (χ1n) is 3.83. The average molecular weight is 154 g/mol. The highest BCUT2D eigenvalue weighted by atomic mass is 13.7. The zero-order valence-corrected chi connectivity index (χ0v) is 6.77. The maximum Gasteiger partial charge on any atom is -0.0115 e. The Morgan fingerprint density at radius 1 is 0.417 bits per heavy atom. The Bertz CT molecular complexity index is 282. The van der Waals surface area contributed by atoms with Gasteiger partial charge in [0, 0.05) is 0 Å². The standard InChI is InChI=1S/C12H10/c1-2-4-6-8-10-12-11-9-7-5-3-1/h1-10H/b2-1-,3-1?,4-2?,5-3-,6-4-,7-5?,8-6?,9-7-,10-8+. The fraction of sp³-hybridized carbons (Fsp3) is 0. The fourth-order valence-corrected chi connectivity index (χ4v) is 0.688. The molecule has 0 aliphatic heterocycles. The van der Waals surface area contributed by atoms with Crippen LogP contribution in [0.1, 0.15) is 0 Å². The summed E-state index contributed by atoms with van der Waals surface area (Å²) in [7, 11) is 0. The van der Waals surface area contributed by atoms with Gasteiger partial charge in [-0.05, 0) is 12.2 Å². The minimum atomic E-state index is 1.82. The van der Waals surface area contributed by atoms with Crippen molar-refractivity contribution in [2.75, 3.05) is 0 Å². The van der Waals surface area contributed by atoms with E-state index < -0.39 is 0 Å². The fourth-order valence-electron chi connectivity index (χ4n) is 0.688. The summed E-state index contributed by atoms with van der Waals surface area (Å²) in [4.78, 5) is 0. The van der Waals surface area contributed by atoms with Crippen molar-refractivity contribution >= 4 is 0 Å². The van der Waals surface area contributed by atoms with E-state index >= 15 is 0 Å². The molecule has 0 aromatic rings. The van der Waals surface area contributed by atoms with Gasteiger partial charge in [0.25, 0.3) is 0 Å². The molecular formula is C12H10. The number of allylic oxidation sites excluding steroid dienone is 10. The Morgan fingerprint density at radius 2 is 0.750 bits per heavy atom. The molecule has 0 amide bonds. The van der Waals surface area contributed by atoms with Crippen molar-refractivity contribution in [2.45, 2.75) is 0 Å². The maximum atomic E-state index is 2.88. The highest BCUT2D eigenvalue weighted by molar-refractivity contribution is 5.29. The molecule has 0 heteroatoms. The molecule has 0 fully saturated rings. The van der Waals surface area contributed by atoms with Crippen LogP contribution in [0.15, 0.2) is 60.8 Å². The van der Waals surface area contributed by atoms with E-state index in [-0.39, 0.29) is 0 Å². The minimum Gasteiger partial charge on any atom is -0.0702 e. The number of hydrogen-bond donors (Lipinski definition) is 0. The Kier molecular flexibility index (Phi) is 4.18. The minimum absolute atomic E-state index is 1.82. The van der Waals surface area contributed by atoms with Crippen LogP contribution in [-0.2, 0) is 0 Å². The Hall–Kier alpha value is -1.74. The van der Waals surface area contributed by atoms with Crippen LogP contribution < -0.4 is 0 Å². The molecule has 0 spiro atoms. The van der Waals surface area contributed by atoms with Crippen LogP contribution in [0.4, 0.5) is 0 Å². The van der Waals surface area contributed by atoms with Gasteiger partial charge in [-0.25, -0.2) is 0 Å². The van der Waals surface area contributed by atoms with E-state index in [1.54, 1.807) is 0 Å². The average Bonchev–Trinajstić information content (AvgIpc) is 2.05. The topological polar surface area (TPSA) is 0 Å². The van der Waals surface area contributed by atoms with E-state index in [9.17, 15) is 0 Å². The molecule has 1 aliphatic rings. The van der Waals surface area contributed by atoms with Gasteiger partial charge in [-0.1, -0.05) is 60.4 Å². The van der Waals surface area contributed by atoms with Crippen LogP contribution in [0.3, 0.4) is 0 Å². The lowest BCUT2D eigenvalue weighted by Crippen LogP contribution is -1.56. The molecule has 0 aromatic heterocycles. The molecule has 0 radical (unpaired) electrons. The third kappa shape index (κ3) is 4.14. The molecule has 12 heavy (non-hydrogen) atoms. The normalized spacial score (nSPS) is 28.0. The van der Waals surface area contributed by atoms with Crippen molar-refractivity contribution in [3.05, 3.63) is 60.8 Å².